The van der Waals surface area contributed by atoms with E-state index in [9.17, 15) is 9.59 Å². The average Bonchev–Trinajstić information content (AvgIpc) is 2.10. The lowest BCUT2D eigenvalue weighted by molar-refractivity contribution is -0.185. The van der Waals surface area contributed by atoms with Crippen LogP contribution in [0.2, 0.25) is 0 Å². The molecule has 0 saturated heterocycles. The zero-order chi connectivity index (χ0) is 11.1. The van der Waals surface area contributed by atoms with Gasteiger partial charge in [0.05, 0.1) is 0 Å². The molecular weight excluding hydrogens is 188 g/mol. The Kier molecular flexibility index (Phi) is 5.55. The van der Waals surface area contributed by atoms with Gasteiger partial charge in [-0.1, -0.05) is 6.58 Å². The van der Waals surface area contributed by atoms with Crippen LogP contribution in [0.25, 0.3) is 0 Å². The predicted molar refractivity (Wildman–Crippen MR) is 48.3 cm³/mol. The van der Waals surface area contributed by atoms with Crippen LogP contribution in [0, 0.1) is 0 Å². The Morgan fingerprint density at radius 2 is 1.93 bits per heavy atom. The van der Waals surface area contributed by atoms with E-state index in [1.807, 2.05) is 0 Å². The molecule has 0 aromatic carbocycles. The minimum atomic E-state index is -0.865. The fraction of sp³-hybridized carbons (Fsp3) is 0.556. The molecule has 0 amide bonds. The zero-order valence-corrected chi connectivity index (χ0v) is 8.53. The van der Waals surface area contributed by atoms with Crippen molar-refractivity contribution in [2.45, 2.75) is 20.1 Å². The summed E-state index contributed by atoms with van der Waals surface area (Å²) in [7, 11) is 1.35. The molecule has 0 aromatic heterocycles. The molecule has 0 spiro atoms. The zero-order valence-electron chi connectivity index (χ0n) is 8.53. The Labute approximate surface area is 82.6 Å². The van der Waals surface area contributed by atoms with Crippen molar-refractivity contribution in [3.8, 4) is 0 Å². The lowest BCUT2D eigenvalue weighted by atomic mass is 10.4. The molecule has 0 radical (unpaired) electrons. The Balaban J connectivity index is 3.89. The summed E-state index contributed by atoms with van der Waals surface area (Å²) in [5.74, 6) is -1.04. The van der Waals surface area contributed by atoms with Crippen LogP contribution in [0.4, 0.5) is 0 Å². The predicted octanol–water partition coefficient (Wildman–Crippen LogP) is 0.641. The summed E-state index contributed by atoms with van der Waals surface area (Å²) in [4.78, 5) is 21.5. The van der Waals surface area contributed by atoms with E-state index in [-0.39, 0.29) is 12.2 Å². The second kappa shape index (κ2) is 6.15. The molecule has 0 aliphatic carbocycles. The second-order valence-corrected chi connectivity index (χ2v) is 2.65. The van der Waals surface area contributed by atoms with E-state index in [2.05, 4.69) is 11.3 Å². The lowest BCUT2D eigenvalue weighted by Crippen LogP contribution is -2.26. The Morgan fingerprint density at radius 1 is 1.36 bits per heavy atom. The van der Waals surface area contributed by atoms with E-state index in [0.717, 1.165) is 0 Å². The minimum absolute atomic E-state index is 0.137. The van der Waals surface area contributed by atoms with Gasteiger partial charge >= 0.3 is 11.9 Å². The molecule has 5 nitrogen and oxygen atoms in total. The standard InChI is InChI=1S/C9H14O5/c1-6(2)9(11)13-5-8(12-4)14-7(3)10/h8H,1,5H2,2-4H3. The number of ether oxygens (including phenoxy) is 3. The first-order valence-corrected chi connectivity index (χ1v) is 4.00. The molecule has 1 unspecified atom stereocenters. The highest BCUT2D eigenvalue weighted by Gasteiger charge is 2.13. The maximum Gasteiger partial charge on any atom is 0.333 e. The summed E-state index contributed by atoms with van der Waals surface area (Å²) in [6, 6.07) is 0. The monoisotopic (exact) mass is 202 g/mol. The van der Waals surface area contributed by atoms with Gasteiger partial charge < -0.3 is 14.2 Å². The maximum absolute atomic E-state index is 10.9. The van der Waals surface area contributed by atoms with E-state index >= 15 is 0 Å². The Bertz CT molecular complexity index is 233. The molecule has 0 fully saturated rings. The Morgan fingerprint density at radius 3 is 2.29 bits per heavy atom. The van der Waals surface area contributed by atoms with Crippen LogP contribution in [0.5, 0.6) is 0 Å². The van der Waals surface area contributed by atoms with Gasteiger partial charge in [0, 0.05) is 19.6 Å². The van der Waals surface area contributed by atoms with Crippen LogP contribution < -0.4 is 0 Å². The third-order valence-corrected chi connectivity index (χ3v) is 1.26. The molecule has 0 bridgehead atoms. The highest BCUT2D eigenvalue weighted by Crippen LogP contribution is 1.98. The first-order valence-electron chi connectivity index (χ1n) is 4.00. The molecular formula is C9H14O5. The number of methoxy groups -OCH3 is 1. The van der Waals surface area contributed by atoms with Gasteiger partial charge in [0.1, 0.15) is 0 Å². The smallest absolute Gasteiger partial charge is 0.333 e. The van der Waals surface area contributed by atoms with Crippen LogP contribution in [0.1, 0.15) is 13.8 Å². The minimum Gasteiger partial charge on any atom is -0.456 e. The molecule has 0 rings (SSSR count). The van der Waals surface area contributed by atoms with Crippen LogP contribution >= 0.6 is 0 Å². The quantitative estimate of drug-likeness (QED) is 0.372. The summed E-state index contributed by atoms with van der Waals surface area (Å²) in [6.07, 6.45) is -0.865. The topological polar surface area (TPSA) is 61.8 Å². The largest absolute Gasteiger partial charge is 0.456 e. The number of carbonyl (C=O) groups excluding carboxylic acids is 2. The van der Waals surface area contributed by atoms with Crippen molar-refractivity contribution in [1.29, 1.82) is 0 Å². The molecule has 0 heterocycles. The van der Waals surface area contributed by atoms with E-state index in [0.29, 0.717) is 0 Å². The molecule has 1 atom stereocenters. The molecule has 80 valence electrons. The number of hydrogen-bond acceptors (Lipinski definition) is 5. The van der Waals surface area contributed by atoms with Crippen LogP contribution in [-0.2, 0) is 23.8 Å². The average molecular weight is 202 g/mol. The molecule has 5 heteroatoms. The summed E-state index contributed by atoms with van der Waals surface area (Å²) in [5, 5.41) is 0. The highest BCUT2D eigenvalue weighted by molar-refractivity contribution is 5.86. The van der Waals surface area contributed by atoms with Gasteiger partial charge in [-0.15, -0.1) is 0 Å². The van der Waals surface area contributed by atoms with Crippen LogP contribution in [0.3, 0.4) is 0 Å². The molecule has 0 aliphatic heterocycles. The number of esters is 2. The molecule has 0 N–H and O–H groups in total. The SMILES string of the molecule is C=C(C)C(=O)OCC(OC)OC(C)=O. The maximum atomic E-state index is 10.9. The first-order chi connectivity index (χ1) is 6.47. The van der Waals surface area contributed by atoms with E-state index < -0.39 is 18.2 Å². The number of carbonyl (C=O) groups is 2. The second-order valence-electron chi connectivity index (χ2n) is 2.65. The number of hydrogen-bond donors (Lipinski definition) is 0. The van der Waals surface area contributed by atoms with Gasteiger partial charge in [-0.3, -0.25) is 4.79 Å². The summed E-state index contributed by atoms with van der Waals surface area (Å²) in [5.41, 5.74) is 0.280. The van der Waals surface area contributed by atoms with Gasteiger partial charge in [-0.2, -0.15) is 0 Å². The summed E-state index contributed by atoms with van der Waals surface area (Å²) >= 11 is 0. The number of rotatable bonds is 5. The fourth-order valence-electron chi connectivity index (χ4n) is 0.602. The van der Waals surface area contributed by atoms with E-state index in [1.54, 1.807) is 0 Å². The molecule has 0 aliphatic rings. The van der Waals surface area contributed by atoms with Crippen molar-refractivity contribution in [2.24, 2.45) is 0 Å². The summed E-state index contributed by atoms with van der Waals surface area (Å²) in [6.45, 7) is 6.03. The van der Waals surface area contributed by atoms with Gasteiger partial charge in [0.25, 0.3) is 0 Å². The van der Waals surface area contributed by atoms with Gasteiger partial charge in [0.15, 0.2) is 6.61 Å². The molecule has 0 saturated carbocycles. The van der Waals surface area contributed by atoms with Crippen LogP contribution in [0.15, 0.2) is 12.2 Å². The Hall–Kier alpha value is -1.36. The highest BCUT2D eigenvalue weighted by atomic mass is 16.7. The van der Waals surface area contributed by atoms with Gasteiger partial charge in [-0.05, 0) is 6.92 Å². The van der Waals surface area contributed by atoms with Crippen molar-refractivity contribution in [2.75, 3.05) is 13.7 Å². The summed E-state index contributed by atoms with van der Waals surface area (Å²) < 4.78 is 14.1. The van der Waals surface area contributed by atoms with E-state index in [1.165, 1.54) is 21.0 Å². The normalized spacial score (nSPS) is 11.6. The third-order valence-electron chi connectivity index (χ3n) is 1.26. The van der Waals surface area contributed by atoms with Crippen molar-refractivity contribution >= 4 is 11.9 Å². The first kappa shape index (κ1) is 12.6. The lowest BCUT2D eigenvalue weighted by Gasteiger charge is -2.14. The van der Waals surface area contributed by atoms with Crippen molar-refractivity contribution in [1.82, 2.24) is 0 Å². The fourth-order valence-corrected chi connectivity index (χ4v) is 0.602. The molecule has 14 heavy (non-hydrogen) atoms. The van der Waals surface area contributed by atoms with E-state index in [4.69, 9.17) is 9.47 Å². The van der Waals surface area contributed by atoms with Crippen molar-refractivity contribution in [3.63, 3.8) is 0 Å². The molecule has 0 aromatic rings. The van der Waals surface area contributed by atoms with Gasteiger partial charge in [0.2, 0.25) is 6.29 Å². The van der Waals surface area contributed by atoms with Crippen molar-refractivity contribution < 1.29 is 23.8 Å². The van der Waals surface area contributed by atoms with Crippen LogP contribution in [-0.4, -0.2) is 31.9 Å². The third kappa shape index (κ3) is 5.31. The van der Waals surface area contributed by atoms with Crippen molar-refractivity contribution in [3.05, 3.63) is 12.2 Å². The van der Waals surface area contributed by atoms with Gasteiger partial charge in [-0.25, -0.2) is 4.79 Å².